The molecule has 1 amide bonds. The lowest BCUT2D eigenvalue weighted by molar-refractivity contribution is 0.0951. The van der Waals surface area contributed by atoms with Crippen molar-refractivity contribution in [2.75, 3.05) is 18.1 Å². The summed E-state index contributed by atoms with van der Waals surface area (Å²) in [5.74, 6) is -0.251. The van der Waals surface area contributed by atoms with E-state index in [1.165, 1.54) is 24.3 Å². The summed E-state index contributed by atoms with van der Waals surface area (Å²) >= 11 is 0. The Morgan fingerprint density at radius 3 is 2.33 bits per heavy atom. The summed E-state index contributed by atoms with van der Waals surface area (Å²) in [4.78, 5) is 11.9. The van der Waals surface area contributed by atoms with E-state index in [-0.39, 0.29) is 40.8 Å². The monoisotopic (exact) mass is 372 g/mol. The summed E-state index contributed by atoms with van der Waals surface area (Å²) in [7, 11) is -6.74. The largest absolute Gasteiger partial charge is 0.349 e. The van der Waals surface area contributed by atoms with Crippen molar-refractivity contribution in [1.29, 1.82) is 0 Å². The molecule has 1 saturated heterocycles. The minimum absolute atomic E-state index is 0.0236. The normalized spacial score (nSPS) is 23.1. The molecule has 1 aromatic carbocycles. The number of sulfone groups is 1. The van der Waals surface area contributed by atoms with Crippen molar-refractivity contribution < 1.29 is 21.6 Å². The first kappa shape index (κ1) is 17.4. The van der Waals surface area contributed by atoms with Crippen molar-refractivity contribution in [3.63, 3.8) is 0 Å². The van der Waals surface area contributed by atoms with E-state index in [9.17, 15) is 21.6 Å². The molecule has 0 bridgehead atoms. The highest BCUT2D eigenvalue weighted by molar-refractivity contribution is 7.91. The van der Waals surface area contributed by atoms with Crippen LogP contribution in [-0.4, -0.2) is 46.8 Å². The third-order valence-electron chi connectivity index (χ3n) is 4.23. The molecule has 1 unspecified atom stereocenters. The number of sulfonamides is 1. The lowest BCUT2D eigenvalue weighted by Gasteiger charge is -2.11. The summed E-state index contributed by atoms with van der Waals surface area (Å²) in [5, 5.41) is 2.84. The molecular formula is C15H20N2O5S2. The van der Waals surface area contributed by atoms with Crippen molar-refractivity contribution in [1.82, 2.24) is 10.0 Å². The Kier molecular flexibility index (Phi) is 4.67. The minimum Gasteiger partial charge on any atom is -0.349 e. The fraction of sp³-hybridized carbons (Fsp3) is 0.533. The molecule has 1 saturated carbocycles. The summed E-state index contributed by atoms with van der Waals surface area (Å²) in [6.45, 7) is 0.103. The molecule has 1 atom stereocenters. The molecule has 2 N–H and O–H groups in total. The molecule has 2 aliphatic rings. The van der Waals surface area contributed by atoms with Crippen LogP contribution in [0.4, 0.5) is 0 Å². The zero-order valence-corrected chi connectivity index (χ0v) is 14.7. The van der Waals surface area contributed by atoms with Gasteiger partial charge in [0.05, 0.1) is 16.4 Å². The van der Waals surface area contributed by atoms with Crippen molar-refractivity contribution in [2.45, 2.75) is 30.2 Å². The lowest BCUT2D eigenvalue weighted by Crippen LogP contribution is -2.30. The predicted molar refractivity (Wildman–Crippen MR) is 88.9 cm³/mol. The molecule has 0 aromatic heterocycles. The van der Waals surface area contributed by atoms with E-state index < -0.39 is 19.9 Å². The average Bonchev–Trinajstić information content (AvgIpc) is 3.27. The molecule has 1 heterocycles. The van der Waals surface area contributed by atoms with Gasteiger partial charge in [0, 0.05) is 18.2 Å². The number of carbonyl (C=O) groups is 1. The van der Waals surface area contributed by atoms with Crippen molar-refractivity contribution in [3.8, 4) is 0 Å². The second-order valence-electron chi connectivity index (χ2n) is 6.39. The molecular weight excluding hydrogens is 352 g/mol. The van der Waals surface area contributed by atoms with E-state index in [0.717, 1.165) is 12.8 Å². The van der Waals surface area contributed by atoms with E-state index >= 15 is 0 Å². The molecule has 0 spiro atoms. The van der Waals surface area contributed by atoms with Gasteiger partial charge >= 0.3 is 0 Å². The van der Waals surface area contributed by atoms with Gasteiger partial charge in [0.2, 0.25) is 10.0 Å². The molecule has 3 rings (SSSR count). The fourth-order valence-electron chi connectivity index (χ4n) is 2.63. The molecule has 7 nitrogen and oxygen atoms in total. The minimum atomic E-state index is -3.71. The van der Waals surface area contributed by atoms with Gasteiger partial charge in [-0.05, 0) is 49.4 Å². The number of rotatable bonds is 6. The van der Waals surface area contributed by atoms with Crippen LogP contribution in [0.1, 0.15) is 29.6 Å². The Balaban J connectivity index is 1.60. The lowest BCUT2D eigenvalue weighted by atomic mass is 10.1. The molecule has 132 valence electrons. The fourth-order valence-corrected chi connectivity index (χ4v) is 5.60. The Bertz CT molecular complexity index is 827. The Morgan fingerprint density at radius 2 is 1.79 bits per heavy atom. The van der Waals surface area contributed by atoms with Gasteiger partial charge in [-0.2, -0.15) is 0 Å². The van der Waals surface area contributed by atoms with E-state index in [2.05, 4.69) is 10.0 Å². The Labute approximate surface area is 141 Å². The molecule has 24 heavy (non-hydrogen) atoms. The van der Waals surface area contributed by atoms with Crippen LogP contribution in [0.5, 0.6) is 0 Å². The van der Waals surface area contributed by atoms with Crippen molar-refractivity contribution in [2.24, 2.45) is 5.92 Å². The van der Waals surface area contributed by atoms with Crippen molar-refractivity contribution >= 4 is 25.8 Å². The summed E-state index contributed by atoms with van der Waals surface area (Å²) in [5.41, 5.74) is 0.419. The average molecular weight is 372 g/mol. The van der Waals surface area contributed by atoms with Gasteiger partial charge in [0.15, 0.2) is 9.84 Å². The van der Waals surface area contributed by atoms with E-state index in [0.29, 0.717) is 12.0 Å². The Morgan fingerprint density at radius 1 is 1.12 bits per heavy atom. The van der Waals surface area contributed by atoms with Crippen LogP contribution in [0.3, 0.4) is 0 Å². The first-order valence-corrected chi connectivity index (χ1v) is 11.2. The molecule has 1 aromatic rings. The summed E-state index contributed by atoms with van der Waals surface area (Å²) < 4.78 is 49.8. The Hall–Kier alpha value is -1.45. The van der Waals surface area contributed by atoms with E-state index in [1.807, 2.05) is 0 Å². The maximum atomic E-state index is 12.3. The summed E-state index contributed by atoms with van der Waals surface area (Å²) in [6, 6.07) is 5.97. The third kappa shape index (κ3) is 4.34. The predicted octanol–water partition coefficient (Wildman–Crippen LogP) is 0.292. The molecule has 1 aliphatic heterocycles. The van der Waals surface area contributed by atoms with Gasteiger partial charge in [-0.1, -0.05) is 0 Å². The smallest absolute Gasteiger partial charge is 0.251 e. The van der Waals surface area contributed by atoms with Crippen LogP contribution in [-0.2, 0) is 19.9 Å². The van der Waals surface area contributed by atoms with Crippen LogP contribution in [0, 0.1) is 5.92 Å². The SMILES string of the molecule is O=C(NC1CC1)c1ccc(S(=O)(=O)NCC2CCS(=O)(=O)C2)cc1. The van der Waals surface area contributed by atoms with Gasteiger partial charge < -0.3 is 5.32 Å². The van der Waals surface area contributed by atoms with Crippen LogP contribution in [0.2, 0.25) is 0 Å². The van der Waals surface area contributed by atoms with Crippen LogP contribution in [0.15, 0.2) is 29.2 Å². The summed E-state index contributed by atoms with van der Waals surface area (Å²) in [6.07, 6.45) is 2.45. The maximum Gasteiger partial charge on any atom is 0.251 e. The topological polar surface area (TPSA) is 109 Å². The van der Waals surface area contributed by atoms with Gasteiger partial charge in [-0.25, -0.2) is 21.6 Å². The number of benzene rings is 1. The van der Waals surface area contributed by atoms with E-state index in [4.69, 9.17) is 0 Å². The van der Waals surface area contributed by atoms with Crippen LogP contribution in [0.25, 0.3) is 0 Å². The quantitative estimate of drug-likeness (QED) is 0.746. The van der Waals surface area contributed by atoms with Gasteiger partial charge in [0.25, 0.3) is 5.91 Å². The standard InChI is InChI=1S/C15H20N2O5S2/c18-15(17-13-3-4-13)12-1-5-14(6-2-12)24(21,22)16-9-11-7-8-23(19,20)10-11/h1-2,5-6,11,13,16H,3-4,7-10H2,(H,17,18). The maximum absolute atomic E-state index is 12.3. The van der Waals surface area contributed by atoms with Crippen molar-refractivity contribution in [3.05, 3.63) is 29.8 Å². The second kappa shape index (κ2) is 6.45. The van der Waals surface area contributed by atoms with Gasteiger partial charge in [0.1, 0.15) is 0 Å². The molecule has 9 heteroatoms. The third-order valence-corrected chi connectivity index (χ3v) is 7.50. The zero-order chi connectivity index (χ0) is 17.4. The first-order valence-electron chi connectivity index (χ1n) is 7.86. The number of carbonyl (C=O) groups excluding carboxylic acids is 1. The molecule has 0 radical (unpaired) electrons. The molecule has 1 aliphatic carbocycles. The highest BCUT2D eigenvalue weighted by atomic mass is 32.2. The van der Waals surface area contributed by atoms with Gasteiger partial charge in [-0.3, -0.25) is 4.79 Å². The number of amides is 1. The highest BCUT2D eigenvalue weighted by Gasteiger charge is 2.29. The van der Waals surface area contributed by atoms with Gasteiger partial charge in [-0.15, -0.1) is 0 Å². The number of hydrogen-bond acceptors (Lipinski definition) is 5. The molecule has 2 fully saturated rings. The first-order chi connectivity index (χ1) is 11.3. The highest BCUT2D eigenvalue weighted by Crippen LogP contribution is 2.20. The van der Waals surface area contributed by atoms with Crippen LogP contribution < -0.4 is 10.0 Å². The number of nitrogens with one attached hydrogen (secondary N) is 2. The van der Waals surface area contributed by atoms with E-state index in [1.54, 1.807) is 0 Å². The second-order valence-corrected chi connectivity index (χ2v) is 10.4. The zero-order valence-electron chi connectivity index (χ0n) is 13.1. The number of hydrogen-bond donors (Lipinski definition) is 2. The van der Waals surface area contributed by atoms with Crippen LogP contribution >= 0.6 is 0 Å².